The van der Waals surface area contributed by atoms with Crippen molar-refractivity contribution in [1.29, 1.82) is 0 Å². The number of aromatic nitrogens is 2. The lowest BCUT2D eigenvalue weighted by atomic mass is 10.2. The molecule has 0 aliphatic carbocycles. The number of hydrogen-bond acceptors (Lipinski definition) is 5. The Morgan fingerprint density at radius 1 is 0.964 bits per heavy atom. The van der Waals surface area contributed by atoms with Crippen LogP contribution in [0.25, 0.3) is 0 Å². The molecule has 3 aromatic rings. The summed E-state index contributed by atoms with van der Waals surface area (Å²) in [6.45, 7) is 2.15. The van der Waals surface area contributed by atoms with Crippen LogP contribution in [-0.2, 0) is 0 Å². The van der Waals surface area contributed by atoms with Crippen molar-refractivity contribution in [2.24, 2.45) is 0 Å². The molecule has 0 radical (unpaired) electrons. The number of halogens is 1. The van der Waals surface area contributed by atoms with Crippen LogP contribution in [0.4, 0.5) is 27.3 Å². The van der Waals surface area contributed by atoms with Crippen molar-refractivity contribution in [2.75, 3.05) is 28.6 Å². The molecule has 1 saturated heterocycles. The molecule has 1 amide bonds. The van der Waals surface area contributed by atoms with E-state index in [4.69, 9.17) is 0 Å². The largest absolute Gasteiger partial charge is 0.372 e. The average Bonchev–Trinajstić information content (AvgIpc) is 3.24. The summed E-state index contributed by atoms with van der Waals surface area (Å²) in [5.41, 5.74) is 2.63. The summed E-state index contributed by atoms with van der Waals surface area (Å²) in [7, 11) is 0. The van der Waals surface area contributed by atoms with Crippen molar-refractivity contribution < 1.29 is 9.18 Å². The van der Waals surface area contributed by atoms with Crippen LogP contribution in [0.2, 0.25) is 0 Å². The molecule has 4 rings (SSSR count). The van der Waals surface area contributed by atoms with Gasteiger partial charge in [0.25, 0.3) is 5.91 Å². The molecule has 7 heteroatoms. The standard InChI is InChI=1S/C21H20FN5O/c22-15-4-3-5-17(12-15)25-20-13-19(23-14-24-20)21(28)26-16-6-8-18(9-7-16)27-10-1-2-11-27/h3-9,12-14H,1-2,10-11H2,(H,26,28)(H,23,24,25). The van der Waals surface area contributed by atoms with Crippen LogP contribution in [0, 0.1) is 5.82 Å². The molecular formula is C21H20FN5O. The van der Waals surface area contributed by atoms with E-state index in [1.54, 1.807) is 12.1 Å². The number of rotatable bonds is 5. The maximum Gasteiger partial charge on any atom is 0.274 e. The van der Waals surface area contributed by atoms with Crippen molar-refractivity contribution in [1.82, 2.24) is 9.97 Å². The molecule has 2 heterocycles. The van der Waals surface area contributed by atoms with Gasteiger partial charge in [-0.05, 0) is 55.3 Å². The van der Waals surface area contributed by atoms with Gasteiger partial charge in [-0.15, -0.1) is 0 Å². The SMILES string of the molecule is O=C(Nc1ccc(N2CCCC2)cc1)c1cc(Nc2cccc(F)c2)ncn1. The first-order valence-corrected chi connectivity index (χ1v) is 9.18. The highest BCUT2D eigenvalue weighted by Gasteiger charge is 2.13. The minimum absolute atomic E-state index is 0.220. The van der Waals surface area contributed by atoms with E-state index in [0.717, 1.165) is 13.1 Å². The zero-order chi connectivity index (χ0) is 19.3. The van der Waals surface area contributed by atoms with Crippen LogP contribution in [0.5, 0.6) is 0 Å². The lowest BCUT2D eigenvalue weighted by molar-refractivity contribution is 0.102. The molecule has 0 unspecified atom stereocenters. The fraction of sp³-hybridized carbons (Fsp3) is 0.190. The first kappa shape index (κ1) is 17.9. The highest BCUT2D eigenvalue weighted by molar-refractivity contribution is 6.03. The minimum Gasteiger partial charge on any atom is -0.372 e. The van der Waals surface area contributed by atoms with E-state index in [1.807, 2.05) is 24.3 Å². The van der Waals surface area contributed by atoms with Crippen LogP contribution < -0.4 is 15.5 Å². The molecule has 6 nitrogen and oxygen atoms in total. The zero-order valence-electron chi connectivity index (χ0n) is 15.2. The summed E-state index contributed by atoms with van der Waals surface area (Å²) in [5.74, 6) is -0.275. The Kier molecular flexibility index (Phi) is 5.14. The zero-order valence-corrected chi connectivity index (χ0v) is 15.2. The van der Waals surface area contributed by atoms with Gasteiger partial charge in [0.05, 0.1) is 0 Å². The van der Waals surface area contributed by atoms with Crippen molar-refractivity contribution in [3.8, 4) is 0 Å². The summed E-state index contributed by atoms with van der Waals surface area (Å²) in [5, 5.41) is 5.81. The van der Waals surface area contributed by atoms with Crippen LogP contribution >= 0.6 is 0 Å². The fourth-order valence-corrected chi connectivity index (χ4v) is 3.19. The molecule has 1 aromatic heterocycles. The van der Waals surface area contributed by atoms with Crippen molar-refractivity contribution in [2.45, 2.75) is 12.8 Å². The van der Waals surface area contributed by atoms with Crippen molar-refractivity contribution in [3.05, 3.63) is 72.4 Å². The number of amides is 1. The monoisotopic (exact) mass is 377 g/mol. The number of hydrogen-bond donors (Lipinski definition) is 2. The minimum atomic E-state index is -0.352. The van der Waals surface area contributed by atoms with Crippen LogP contribution in [0.15, 0.2) is 60.9 Å². The summed E-state index contributed by atoms with van der Waals surface area (Å²) in [4.78, 5) is 23.0. The molecule has 0 saturated carbocycles. The molecule has 2 aromatic carbocycles. The van der Waals surface area contributed by atoms with E-state index in [2.05, 4.69) is 25.5 Å². The molecule has 1 fully saturated rings. The highest BCUT2D eigenvalue weighted by atomic mass is 19.1. The number of anilines is 4. The number of carbonyl (C=O) groups is 1. The van der Waals surface area contributed by atoms with Gasteiger partial charge < -0.3 is 15.5 Å². The highest BCUT2D eigenvalue weighted by Crippen LogP contribution is 2.22. The molecule has 0 bridgehead atoms. The van der Waals surface area contributed by atoms with Gasteiger partial charge in [-0.2, -0.15) is 0 Å². The Morgan fingerprint density at radius 3 is 2.50 bits per heavy atom. The van der Waals surface area contributed by atoms with Crippen molar-refractivity contribution in [3.63, 3.8) is 0 Å². The number of nitrogens with zero attached hydrogens (tertiary/aromatic N) is 3. The predicted octanol–water partition coefficient (Wildman–Crippen LogP) is 4.21. The van der Waals surface area contributed by atoms with Gasteiger partial charge in [-0.1, -0.05) is 6.07 Å². The van der Waals surface area contributed by atoms with E-state index in [-0.39, 0.29) is 17.4 Å². The van der Waals surface area contributed by atoms with Gasteiger partial charge in [0.15, 0.2) is 0 Å². The first-order chi connectivity index (χ1) is 13.7. The quantitative estimate of drug-likeness (QED) is 0.697. The third kappa shape index (κ3) is 4.25. The average molecular weight is 377 g/mol. The summed E-state index contributed by atoms with van der Waals surface area (Å²) >= 11 is 0. The lowest BCUT2D eigenvalue weighted by Gasteiger charge is -2.17. The smallest absolute Gasteiger partial charge is 0.274 e. The third-order valence-electron chi connectivity index (χ3n) is 4.59. The summed E-state index contributed by atoms with van der Waals surface area (Å²) in [6, 6.07) is 15.3. The van der Waals surface area contributed by atoms with E-state index in [9.17, 15) is 9.18 Å². The summed E-state index contributed by atoms with van der Waals surface area (Å²) < 4.78 is 13.3. The van der Waals surface area contributed by atoms with Gasteiger partial charge in [0.1, 0.15) is 23.7 Å². The second-order valence-corrected chi connectivity index (χ2v) is 6.62. The molecule has 28 heavy (non-hydrogen) atoms. The maximum atomic E-state index is 13.3. The number of benzene rings is 2. The number of carbonyl (C=O) groups excluding carboxylic acids is 1. The van der Waals surface area contributed by atoms with Gasteiger partial charge >= 0.3 is 0 Å². The summed E-state index contributed by atoms with van der Waals surface area (Å²) in [6.07, 6.45) is 3.74. The maximum absolute atomic E-state index is 13.3. The van der Waals surface area contributed by atoms with Crippen LogP contribution in [-0.4, -0.2) is 29.0 Å². The second-order valence-electron chi connectivity index (χ2n) is 6.62. The molecule has 1 aliphatic heterocycles. The van der Waals surface area contributed by atoms with E-state index < -0.39 is 0 Å². The van der Waals surface area contributed by atoms with Gasteiger partial charge in [-0.25, -0.2) is 14.4 Å². The van der Waals surface area contributed by atoms with E-state index in [1.165, 1.54) is 43.1 Å². The van der Waals surface area contributed by atoms with Gasteiger partial charge in [-0.3, -0.25) is 4.79 Å². The van der Waals surface area contributed by atoms with Crippen LogP contribution in [0.1, 0.15) is 23.3 Å². The normalized spacial score (nSPS) is 13.4. The molecular weight excluding hydrogens is 357 g/mol. The Morgan fingerprint density at radius 2 is 1.75 bits per heavy atom. The topological polar surface area (TPSA) is 70.2 Å². The van der Waals surface area contributed by atoms with Gasteiger partial charge in [0, 0.05) is 36.2 Å². The van der Waals surface area contributed by atoms with E-state index in [0.29, 0.717) is 17.2 Å². The molecule has 0 spiro atoms. The Labute approximate surface area is 162 Å². The van der Waals surface area contributed by atoms with Gasteiger partial charge in [0.2, 0.25) is 0 Å². The van der Waals surface area contributed by atoms with E-state index >= 15 is 0 Å². The molecule has 1 aliphatic rings. The molecule has 0 atom stereocenters. The van der Waals surface area contributed by atoms with Crippen LogP contribution in [0.3, 0.4) is 0 Å². The Bertz CT molecular complexity index is 971. The molecule has 142 valence electrons. The third-order valence-corrected chi connectivity index (χ3v) is 4.59. The fourth-order valence-electron chi connectivity index (χ4n) is 3.19. The Hall–Kier alpha value is -3.48. The predicted molar refractivity (Wildman–Crippen MR) is 108 cm³/mol. The lowest BCUT2D eigenvalue weighted by Crippen LogP contribution is -2.18. The number of nitrogens with one attached hydrogen (secondary N) is 2. The molecule has 2 N–H and O–H groups in total. The first-order valence-electron chi connectivity index (χ1n) is 9.18. The second kappa shape index (κ2) is 8.04. The Balaban J connectivity index is 1.43. The van der Waals surface area contributed by atoms with Crippen molar-refractivity contribution >= 4 is 28.8 Å².